The molecule has 2 heterocycles. The summed E-state index contributed by atoms with van der Waals surface area (Å²) in [6, 6.07) is 5.43. The molecule has 118 valence electrons. The lowest BCUT2D eigenvalue weighted by molar-refractivity contribution is 0.0698. The lowest BCUT2D eigenvalue weighted by Crippen LogP contribution is -2.18. The number of aromatic nitrogens is 5. The summed E-state index contributed by atoms with van der Waals surface area (Å²) >= 11 is 0. The van der Waals surface area contributed by atoms with E-state index in [4.69, 9.17) is 12.2 Å². The minimum atomic E-state index is -1.21. The molecule has 10 heteroatoms. The fourth-order valence-electron chi connectivity index (χ4n) is 1.99. The number of terminal acetylenes is 1. The van der Waals surface area contributed by atoms with E-state index >= 15 is 0 Å². The van der Waals surface area contributed by atoms with Gasteiger partial charge in [-0.1, -0.05) is 5.92 Å². The number of aromatic carboxylic acids is 1. The molecule has 10 nitrogen and oxygen atoms in total. The summed E-state index contributed by atoms with van der Waals surface area (Å²) < 4.78 is 1.00. The van der Waals surface area contributed by atoms with Crippen molar-refractivity contribution in [1.29, 1.82) is 0 Å². The number of nitrogens with two attached hydrogens (primary N) is 1. The lowest BCUT2D eigenvalue weighted by atomic mass is 10.1. The average molecular weight is 323 g/mol. The molecule has 24 heavy (non-hydrogen) atoms. The zero-order chi connectivity index (χ0) is 17.3. The summed E-state index contributed by atoms with van der Waals surface area (Å²) in [6.07, 6.45) is 5.29. The highest BCUT2D eigenvalue weighted by Crippen LogP contribution is 2.19. The van der Waals surface area contributed by atoms with Gasteiger partial charge >= 0.3 is 5.97 Å². The Kier molecular flexibility index (Phi) is 3.51. The molecule has 3 rings (SSSR count). The SMILES string of the molecule is C#Cc1ccc(C(=O)O)c(NC(=O)c2cc(N)c3nnnn3n2)c1. The van der Waals surface area contributed by atoms with Gasteiger partial charge in [-0.05, 0) is 34.7 Å². The first-order chi connectivity index (χ1) is 11.5. The molecule has 1 amide bonds. The number of rotatable bonds is 3. The number of carboxylic acids is 1. The predicted molar refractivity (Wildman–Crippen MR) is 82.3 cm³/mol. The number of fused-ring (bicyclic) bond motifs is 1. The Balaban J connectivity index is 1.99. The third-order valence-corrected chi connectivity index (χ3v) is 3.10. The van der Waals surface area contributed by atoms with Crippen LogP contribution in [0.5, 0.6) is 0 Å². The van der Waals surface area contributed by atoms with E-state index in [1.165, 1.54) is 24.3 Å². The van der Waals surface area contributed by atoms with E-state index in [9.17, 15) is 14.7 Å². The van der Waals surface area contributed by atoms with Crippen LogP contribution < -0.4 is 11.1 Å². The highest BCUT2D eigenvalue weighted by molar-refractivity contribution is 6.07. The van der Waals surface area contributed by atoms with Gasteiger partial charge in [-0.15, -0.1) is 21.3 Å². The van der Waals surface area contributed by atoms with Crippen LogP contribution in [-0.2, 0) is 0 Å². The summed E-state index contributed by atoms with van der Waals surface area (Å²) in [5.41, 5.74) is 6.36. The van der Waals surface area contributed by atoms with Crippen molar-refractivity contribution in [3.8, 4) is 12.3 Å². The molecule has 0 saturated heterocycles. The number of carbonyl (C=O) groups is 2. The van der Waals surface area contributed by atoms with Crippen LogP contribution in [0, 0.1) is 12.3 Å². The van der Waals surface area contributed by atoms with Crippen molar-refractivity contribution in [2.24, 2.45) is 0 Å². The maximum atomic E-state index is 12.4. The summed E-state index contributed by atoms with van der Waals surface area (Å²) in [6.45, 7) is 0. The number of nitrogens with zero attached hydrogens (tertiary/aromatic N) is 5. The zero-order valence-corrected chi connectivity index (χ0v) is 12.0. The summed E-state index contributed by atoms with van der Waals surface area (Å²) in [4.78, 5) is 23.6. The van der Waals surface area contributed by atoms with Crippen LogP contribution in [0.25, 0.3) is 5.65 Å². The first-order valence-electron chi connectivity index (χ1n) is 6.50. The molecular formula is C14H9N7O3. The lowest BCUT2D eigenvalue weighted by Gasteiger charge is -2.09. The first-order valence-corrected chi connectivity index (χ1v) is 6.50. The van der Waals surface area contributed by atoms with Crippen LogP contribution in [-0.4, -0.2) is 42.2 Å². The van der Waals surface area contributed by atoms with Gasteiger partial charge in [-0.25, -0.2) is 4.79 Å². The highest BCUT2D eigenvalue weighted by Gasteiger charge is 2.17. The number of nitrogen functional groups attached to an aromatic ring is 1. The monoisotopic (exact) mass is 323 g/mol. The van der Waals surface area contributed by atoms with Crippen LogP contribution >= 0.6 is 0 Å². The molecule has 0 atom stereocenters. The summed E-state index contributed by atoms with van der Waals surface area (Å²) in [5.74, 6) is 0.471. The molecule has 0 spiro atoms. The van der Waals surface area contributed by atoms with Gasteiger partial charge in [0.1, 0.15) is 0 Å². The van der Waals surface area contributed by atoms with Gasteiger partial charge in [0.25, 0.3) is 5.91 Å². The maximum absolute atomic E-state index is 12.4. The largest absolute Gasteiger partial charge is 0.478 e. The van der Waals surface area contributed by atoms with Crippen LogP contribution in [0.2, 0.25) is 0 Å². The number of nitrogens with one attached hydrogen (secondary N) is 1. The number of benzene rings is 1. The van der Waals surface area contributed by atoms with Crippen molar-refractivity contribution in [2.75, 3.05) is 11.1 Å². The number of amides is 1. The van der Waals surface area contributed by atoms with Crippen LogP contribution in [0.3, 0.4) is 0 Å². The second kappa shape index (κ2) is 5.65. The third kappa shape index (κ3) is 2.57. The smallest absolute Gasteiger partial charge is 0.337 e. The van der Waals surface area contributed by atoms with Crippen molar-refractivity contribution in [2.45, 2.75) is 0 Å². The van der Waals surface area contributed by atoms with Crippen LogP contribution in [0.15, 0.2) is 24.3 Å². The van der Waals surface area contributed by atoms with E-state index in [0.29, 0.717) is 5.56 Å². The van der Waals surface area contributed by atoms with E-state index in [1.54, 1.807) is 0 Å². The second-order valence-corrected chi connectivity index (χ2v) is 4.64. The Hall–Kier alpha value is -4.00. The van der Waals surface area contributed by atoms with Gasteiger partial charge < -0.3 is 16.2 Å². The topological polar surface area (TPSA) is 148 Å². The fourth-order valence-corrected chi connectivity index (χ4v) is 1.99. The first kappa shape index (κ1) is 14.9. The van der Waals surface area contributed by atoms with Gasteiger partial charge in [-0.2, -0.15) is 0 Å². The molecule has 0 aliphatic heterocycles. The molecule has 0 unspecified atom stereocenters. The zero-order valence-electron chi connectivity index (χ0n) is 12.0. The number of carboxylic acid groups (broad SMARTS) is 1. The Labute approximate surface area is 134 Å². The molecule has 4 N–H and O–H groups in total. The number of hydrogen-bond acceptors (Lipinski definition) is 7. The van der Waals surface area contributed by atoms with Crippen molar-refractivity contribution >= 4 is 28.9 Å². The van der Waals surface area contributed by atoms with Crippen molar-refractivity contribution in [1.82, 2.24) is 25.3 Å². The van der Waals surface area contributed by atoms with Gasteiger partial charge in [0.2, 0.25) is 5.65 Å². The normalized spacial score (nSPS) is 10.3. The molecular weight excluding hydrogens is 314 g/mol. The van der Waals surface area contributed by atoms with Crippen molar-refractivity contribution in [3.05, 3.63) is 41.1 Å². The highest BCUT2D eigenvalue weighted by atomic mass is 16.4. The van der Waals surface area contributed by atoms with Crippen molar-refractivity contribution < 1.29 is 14.7 Å². The predicted octanol–water partition coefficient (Wildman–Crippen LogP) is 0.0333. The molecule has 0 saturated carbocycles. The maximum Gasteiger partial charge on any atom is 0.337 e. The van der Waals surface area contributed by atoms with Crippen molar-refractivity contribution in [3.63, 3.8) is 0 Å². The number of hydrogen-bond donors (Lipinski definition) is 3. The van der Waals surface area contributed by atoms with E-state index in [2.05, 4.69) is 31.9 Å². The van der Waals surface area contributed by atoms with E-state index in [0.717, 1.165) is 4.63 Å². The second-order valence-electron chi connectivity index (χ2n) is 4.64. The molecule has 0 bridgehead atoms. The average Bonchev–Trinajstić information content (AvgIpc) is 3.03. The minimum absolute atomic E-state index is 0.0418. The van der Waals surface area contributed by atoms with Crippen LogP contribution in [0.4, 0.5) is 11.4 Å². The van der Waals surface area contributed by atoms with E-state index in [1.807, 2.05) is 0 Å². The number of tetrazole rings is 1. The van der Waals surface area contributed by atoms with Crippen LogP contribution in [0.1, 0.15) is 26.4 Å². The molecule has 0 radical (unpaired) electrons. The van der Waals surface area contributed by atoms with E-state index < -0.39 is 11.9 Å². The molecule has 0 fully saturated rings. The van der Waals surface area contributed by atoms with Gasteiger partial charge in [-0.3, -0.25) is 4.79 Å². The number of anilines is 2. The van der Waals surface area contributed by atoms with E-state index in [-0.39, 0.29) is 28.3 Å². The summed E-state index contributed by atoms with van der Waals surface area (Å²) in [7, 11) is 0. The van der Waals surface area contributed by atoms with Gasteiger partial charge in [0.05, 0.1) is 16.9 Å². The minimum Gasteiger partial charge on any atom is -0.478 e. The standard InChI is InChI=1S/C14H9N7O3/c1-2-7-3-4-8(14(23)24)10(5-7)16-13(22)11-6-9(15)12-17-19-20-21(12)18-11/h1,3-6H,15H2,(H,16,22)(H,23,24). The van der Waals surface area contributed by atoms with Gasteiger partial charge in [0.15, 0.2) is 5.69 Å². The Bertz CT molecular complexity index is 1020. The van der Waals surface area contributed by atoms with Gasteiger partial charge in [0, 0.05) is 5.56 Å². The fraction of sp³-hybridized carbons (Fsp3) is 0. The Morgan fingerprint density at radius 3 is 2.83 bits per heavy atom. The molecule has 1 aromatic carbocycles. The third-order valence-electron chi connectivity index (χ3n) is 3.10. The number of carbonyl (C=O) groups excluding carboxylic acids is 1. The molecule has 2 aromatic heterocycles. The quantitative estimate of drug-likeness (QED) is 0.572. The Morgan fingerprint density at radius 2 is 2.12 bits per heavy atom. The molecule has 0 aliphatic carbocycles. The molecule has 3 aromatic rings. The Morgan fingerprint density at radius 1 is 1.33 bits per heavy atom. The molecule has 0 aliphatic rings. The summed E-state index contributed by atoms with van der Waals surface area (Å²) in [5, 5.41) is 26.2.